The van der Waals surface area contributed by atoms with Gasteiger partial charge in [-0.15, -0.1) is 0 Å². The van der Waals surface area contributed by atoms with Gasteiger partial charge in [0.25, 0.3) is 0 Å². The second-order valence-electron chi connectivity index (χ2n) is 9.31. The molecular weight excluding hydrogens is 446 g/mol. The molecule has 2 amide bonds. The number of carbonyl (C=O) groups excluding carboxylic acids is 1. The summed E-state index contributed by atoms with van der Waals surface area (Å²) in [5.74, 6) is -0.0352. The van der Waals surface area contributed by atoms with Crippen LogP contribution in [0.25, 0.3) is 0 Å². The van der Waals surface area contributed by atoms with E-state index in [4.69, 9.17) is 15.1 Å². The minimum absolute atomic E-state index is 0.126. The number of likely N-dealkylation sites (tertiary alicyclic amines) is 1. The van der Waals surface area contributed by atoms with E-state index in [1.165, 1.54) is 0 Å². The number of hydrogen-bond donors (Lipinski definition) is 2. The van der Waals surface area contributed by atoms with E-state index in [0.717, 1.165) is 12.8 Å². The van der Waals surface area contributed by atoms with E-state index in [-0.39, 0.29) is 24.0 Å². The summed E-state index contributed by atoms with van der Waals surface area (Å²) in [5.41, 5.74) is -0.730. The number of nitrogens with zero attached hydrogens (tertiary/aromatic N) is 2. The highest BCUT2D eigenvalue weighted by molar-refractivity contribution is 7.92. The van der Waals surface area contributed by atoms with Crippen LogP contribution in [-0.2, 0) is 19.4 Å². The van der Waals surface area contributed by atoms with E-state index in [2.05, 4.69) is 5.32 Å². The van der Waals surface area contributed by atoms with E-state index in [0.29, 0.717) is 50.1 Å². The lowest BCUT2D eigenvalue weighted by Crippen LogP contribution is -2.47. The topological polar surface area (TPSA) is 137 Å². The number of sulfone groups is 1. The Labute approximate surface area is 193 Å². The highest BCUT2D eigenvalue weighted by Crippen LogP contribution is 2.36. The minimum atomic E-state index is -3.34. The van der Waals surface area contributed by atoms with Crippen molar-refractivity contribution in [3.05, 3.63) is 30.3 Å². The molecule has 178 valence electrons. The molecule has 0 unspecified atom stereocenters. The molecule has 2 saturated carbocycles. The Hall–Kier alpha value is -2.64. The highest BCUT2D eigenvalue weighted by atomic mass is 32.2. The van der Waals surface area contributed by atoms with Gasteiger partial charge < -0.3 is 20.1 Å². The molecule has 2 aliphatic carbocycles. The van der Waals surface area contributed by atoms with E-state index in [9.17, 15) is 18.0 Å². The van der Waals surface area contributed by atoms with Crippen molar-refractivity contribution < 1.29 is 27.9 Å². The average Bonchev–Trinajstić information content (AvgIpc) is 3.23. The number of nitrogens with one attached hydrogen (secondary N) is 1. The Kier molecular flexibility index (Phi) is 6.64. The molecule has 0 spiro atoms. The fraction of sp³-hybridized carbons (Fsp3) is 0.609. The summed E-state index contributed by atoms with van der Waals surface area (Å²) in [6.07, 6.45) is 4.29. The maximum Gasteiger partial charge on any atom is 0.405 e. The number of nitriles is 1. The quantitative estimate of drug-likeness (QED) is 0.682. The number of rotatable bonds is 4. The second-order valence-corrected chi connectivity index (χ2v) is 11.5. The predicted octanol–water partition coefficient (Wildman–Crippen LogP) is 2.33. The summed E-state index contributed by atoms with van der Waals surface area (Å²) in [5, 5.41) is 18.2. The van der Waals surface area contributed by atoms with Crippen LogP contribution in [0, 0.1) is 17.2 Å². The molecule has 2 heterocycles. The third-order valence-corrected chi connectivity index (χ3v) is 9.14. The number of hydrogen-bond acceptors (Lipinski definition) is 6. The lowest BCUT2D eigenvalue weighted by molar-refractivity contribution is -0.144. The Morgan fingerprint density at radius 1 is 1.09 bits per heavy atom. The lowest BCUT2D eigenvalue weighted by Gasteiger charge is -2.33. The molecule has 2 N–H and O–H groups in total. The van der Waals surface area contributed by atoms with Crippen LogP contribution in [0.15, 0.2) is 35.2 Å². The molecule has 0 aromatic heterocycles. The summed E-state index contributed by atoms with van der Waals surface area (Å²) >= 11 is 0. The number of benzene rings is 1. The monoisotopic (exact) mass is 475 g/mol. The molecule has 4 atom stereocenters. The molecule has 1 aromatic rings. The molecule has 9 nitrogen and oxygen atoms in total. The van der Waals surface area contributed by atoms with Crippen molar-refractivity contribution in [3.8, 4) is 6.07 Å². The number of carboxylic acid groups (broad SMARTS) is 1. The van der Waals surface area contributed by atoms with Gasteiger partial charge in [0, 0.05) is 19.0 Å². The number of fused-ring (bicyclic) bond motifs is 2. The largest absolute Gasteiger partial charge is 0.465 e. The maximum atomic E-state index is 12.8. The van der Waals surface area contributed by atoms with E-state index in [1.54, 1.807) is 24.3 Å². The van der Waals surface area contributed by atoms with Gasteiger partial charge >= 0.3 is 6.09 Å². The van der Waals surface area contributed by atoms with Crippen LogP contribution in [0.5, 0.6) is 0 Å². The van der Waals surface area contributed by atoms with Crippen molar-refractivity contribution in [2.45, 2.75) is 72.8 Å². The average molecular weight is 476 g/mol. The van der Waals surface area contributed by atoms with Crippen molar-refractivity contribution >= 4 is 21.8 Å². The Morgan fingerprint density at radius 3 is 2.24 bits per heavy atom. The first-order chi connectivity index (χ1) is 15.7. The fourth-order valence-electron chi connectivity index (χ4n) is 4.90. The zero-order chi connectivity index (χ0) is 23.6. The van der Waals surface area contributed by atoms with Crippen molar-refractivity contribution in [1.29, 1.82) is 5.26 Å². The van der Waals surface area contributed by atoms with Crippen LogP contribution in [0.4, 0.5) is 4.79 Å². The smallest absolute Gasteiger partial charge is 0.405 e. The zero-order valence-electron chi connectivity index (χ0n) is 18.4. The predicted molar refractivity (Wildman–Crippen MR) is 118 cm³/mol. The van der Waals surface area contributed by atoms with Gasteiger partial charge in [0.2, 0.25) is 5.91 Å². The molecule has 2 bridgehead atoms. The zero-order valence-corrected chi connectivity index (χ0v) is 19.2. The van der Waals surface area contributed by atoms with Gasteiger partial charge in [-0.1, -0.05) is 18.2 Å². The molecule has 0 radical (unpaired) electrons. The van der Waals surface area contributed by atoms with E-state index < -0.39 is 26.7 Å². The first kappa shape index (κ1) is 23.5. The Morgan fingerprint density at radius 2 is 1.73 bits per heavy atom. The van der Waals surface area contributed by atoms with Crippen LogP contribution in [0.3, 0.4) is 0 Å². The molecule has 10 heteroatoms. The summed E-state index contributed by atoms with van der Waals surface area (Å²) < 4.78 is 31.3. The standard InChI is InChI=1S/C18H23NO4S.C5H6N2O2/c20-18(19-11-14-7-8-15(12-19)23-14)13-6-9-17(10-13)24(21,22)16-4-2-1-3-5-16;6-3-5(1-2-5)7-4(8)9/h1-5,13-15,17H,6-12H2;7H,1-2H2,(H,8,9)/t13-,14-,15+,17-;/m1./s1. The van der Waals surface area contributed by atoms with Crippen LogP contribution in [-0.4, -0.2) is 66.5 Å². The first-order valence-corrected chi connectivity index (χ1v) is 12.9. The Balaban J connectivity index is 0.000000243. The lowest BCUT2D eigenvalue weighted by atomic mass is 10.1. The fourth-order valence-corrected chi connectivity index (χ4v) is 6.75. The van der Waals surface area contributed by atoms with Gasteiger partial charge in [-0.05, 0) is 57.1 Å². The molecule has 2 aliphatic heterocycles. The molecular formula is C23H29N3O6S. The summed E-state index contributed by atoms with van der Waals surface area (Å²) in [6, 6.07) is 10.5. The number of carbonyl (C=O) groups is 2. The van der Waals surface area contributed by atoms with Gasteiger partial charge in [0.15, 0.2) is 9.84 Å². The van der Waals surface area contributed by atoms with Crippen LogP contribution in [0.2, 0.25) is 0 Å². The van der Waals surface area contributed by atoms with E-state index >= 15 is 0 Å². The molecule has 2 saturated heterocycles. The number of amides is 2. The summed E-state index contributed by atoms with van der Waals surface area (Å²) in [6.45, 7) is 1.34. The maximum absolute atomic E-state index is 12.8. The Bertz CT molecular complexity index is 1020. The highest BCUT2D eigenvalue weighted by Gasteiger charge is 2.45. The molecule has 4 fully saturated rings. The first-order valence-electron chi connectivity index (χ1n) is 11.4. The molecule has 5 rings (SSSR count). The number of morpholine rings is 1. The van der Waals surface area contributed by atoms with Gasteiger partial charge in [-0.25, -0.2) is 13.2 Å². The van der Waals surface area contributed by atoms with Crippen LogP contribution >= 0.6 is 0 Å². The van der Waals surface area contributed by atoms with Gasteiger partial charge in [0.1, 0.15) is 5.54 Å². The third kappa shape index (κ3) is 5.31. The van der Waals surface area contributed by atoms with Gasteiger partial charge in [-0.3, -0.25) is 4.79 Å². The van der Waals surface area contributed by atoms with Gasteiger partial charge in [-0.2, -0.15) is 5.26 Å². The molecule has 4 aliphatic rings. The van der Waals surface area contributed by atoms with Crippen molar-refractivity contribution in [2.24, 2.45) is 5.92 Å². The summed E-state index contributed by atoms with van der Waals surface area (Å²) in [7, 11) is -3.34. The minimum Gasteiger partial charge on any atom is -0.465 e. The normalized spacial score (nSPS) is 29.4. The SMILES string of the molecule is N#CC1(NC(=O)O)CC1.O=C([C@@H]1CC[C@@H](S(=O)(=O)c2ccccc2)C1)N1C[C@H]2CC[C@@H](C1)O2. The van der Waals surface area contributed by atoms with Crippen molar-refractivity contribution in [3.63, 3.8) is 0 Å². The van der Waals surface area contributed by atoms with Crippen molar-refractivity contribution in [2.75, 3.05) is 13.1 Å². The third-order valence-electron chi connectivity index (χ3n) is 6.91. The molecule has 33 heavy (non-hydrogen) atoms. The van der Waals surface area contributed by atoms with Crippen LogP contribution in [0.1, 0.15) is 44.9 Å². The summed E-state index contributed by atoms with van der Waals surface area (Å²) in [4.78, 5) is 25.0. The van der Waals surface area contributed by atoms with Crippen molar-refractivity contribution in [1.82, 2.24) is 10.2 Å². The van der Waals surface area contributed by atoms with Crippen LogP contribution < -0.4 is 5.32 Å². The van der Waals surface area contributed by atoms with E-state index in [1.807, 2.05) is 17.0 Å². The number of ether oxygens (including phenoxy) is 1. The van der Waals surface area contributed by atoms with Gasteiger partial charge in [0.05, 0.1) is 28.4 Å². The second kappa shape index (κ2) is 9.31. The molecule has 1 aromatic carbocycles.